The Morgan fingerprint density at radius 2 is 1.37 bits per heavy atom. The first kappa shape index (κ1) is 19.7. The molecule has 5 nitrogen and oxygen atoms in total. The van der Waals surface area contributed by atoms with Crippen molar-refractivity contribution in [1.82, 2.24) is 10.2 Å². The Kier molecular flexibility index (Phi) is 6.09. The maximum absolute atomic E-state index is 13.0. The minimum atomic E-state index is -0.178. The fourth-order valence-corrected chi connectivity index (χ4v) is 3.66. The fraction of sp³-hybridized carbons (Fsp3) is 0.200. The summed E-state index contributed by atoms with van der Waals surface area (Å²) < 4.78 is 0. The maximum atomic E-state index is 13.0. The van der Waals surface area contributed by atoms with Gasteiger partial charge in [-0.2, -0.15) is 0 Å². The lowest BCUT2D eigenvalue weighted by molar-refractivity contribution is 0.0747. The van der Waals surface area contributed by atoms with Crippen LogP contribution < -0.4 is 10.2 Å². The van der Waals surface area contributed by atoms with Crippen molar-refractivity contribution < 1.29 is 9.59 Å². The molecule has 1 fully saturated rings. The summed E-state index contributed by atoms with van der Waals surface area (Å²) in [6.07, 6.45) is 0. The molecule has 0 atom stereocenters. The van der Waals surface area contributed by atoms with E-state index in [0.717, 1.165) is 18.7 Å². The number of nitrogens with one attached hydrogen (secondary N) is 1. The van der Waals surface area contributed by atoms with E-state index in [1.165, 1.54) is 5.69 Å². The van der Waals surface area contributed by atoms with Gasteiger partial charge in [-0.15, -0.1) is 0 Å². The predicted molar refractivity (Wildman–Crippen MR) is 119 cm³/mol. The molecule has 0 bridgehead atoms. The quantitative estimate of drug-likeness (QED) is 0.714. The van der Waals surface area contributed by atoms with Crippen molar-refractivity contribution >= 4 is 17.5 Å². The normalized spacial score (nSPS) is 13.7. The zero-order valence-corrected chi connectivity index (χ0v) is 16.8. The van der Waals surface area contributed by atoms with Crippen LogP contribution in [-0.2, 0) is 6.54 Å². The summed E-state index contributed by atoms with van der Waals surface area (Å²) in [5.41, 5.74) is 3.27. The van der Waals surface area contributed by atoms with Crippen LogP contribution in [0.4, 0.5) is 5.69 Å². The van der Waals surface area contributed by atoms with Gasteiger partial charge in [-0.05, 0) is 35.9 Å². The number of anilines is 1. The maximum Gasteiger partial charge on any atom is 0.253 e. The fourth-order valence-electron chi connectivity index (χ4n) is 3.66. The first-order valence-electron chi connectivity index (χ1n) is 10.2. The van der Waals surface area contributed by atoms with Crippen molar-refractivity contribution in [2.24, 2.45) is 0 Å². The summed E-state index contributed by atoms with van der Waals surface area (Å²) in [4.78, 5) is 29.6. The summed E-state index contributed by atoms with van der Waals surface area (Å²) in [5, 5.41) is 2.91. The number of hydrogen-bond donors (Lipinski definition) is 1. The lowest BCUT2D eigenvalue weighted by Crippen LogP contribution is -2.48. The molecular weight excluding hydrogens is 374 g/mol. The van der Waals surface area contributed by atoms with Gasteiger partial charge < -0.3 is 15.1 Å². The van der Waals surface area contributed by atoms with Gasteiger partial charge in [-0.3, -0.25) is 9.59 Å². The first-order chi connectivity index (χ1) is 14.7. The molecule has 5 heteroatoms. The Hall–Kier alpha value is -3.60. The lowest BCUT2D eigenvalue weighted by atomic mass is 10.1. The standard InChI is InChI=1S/C25H25N3O2/c29-24(26-19-20-8-3-1-4-9-20)21-10-7-11-22(18-21)25(30)28-16-14-27(15-17-28)23-12-5-2-6-13-23/h1-13,18H,14-17,19H2,(H,26,29). The molecule has 152 valence electrons. The Balaban J connectivity index is 1.36. The Bertz CT molecular complexity index is 997. The van der Waals surface area contributed by atoms with Gasteiger partial charge in [0.2, 0.25) is 0 Å². The molecule has 3 aromatic carbocycles. The van der Waals surface area contributed by atoms with Gasteiger partial charge in [0.05, 0.1) is 0 Å². The van der Waals surface area contributed by atoms with Crippen molar-refractivity contribution in [2.45, 2.75) is 6.54 Å². The van der Waals surface area contributed by atoms with E-state index in [0.29, 0.717) is 30.8 Å². The van der Waals surface area contributed by atoms with Gasteiger partial charge in [-0.1, -0.05) is 54.6 Å². The Labute approximate surface area is 176 Å². The summed E-state index contributed by atoms with van der Waals surface area (Å²) in [5.74, 6) is -0.206. The number of amides is 2. The van der Waals surface area contributed by atoms with Crippen molar-refractivity contribution in [3.8, 4) is 0 Å². The summed E-state index contributed by atoms with van der Waals surface area (Å²) in [6, 6.07) is 27.0. The number of nitrogens with zero attached hydrogens (tertiary/aromatic N) is 2. The molecule has 1 N–H and O–H groups in total. The molecule has 1 heterocycles. The highest BCUT2D eigenvalue weighted by molar-refractivity contribution is 5.99. The summed E-state index contributed by atoms with van der Waals surface area (Å²) in [6.45, 7) is 3.38. The number of carbonyl (C=O) groups excluding carboxylic acids is 2. The minimum Gasteiger partial charge on any atom is -0.368 e. The number of rotatable bonds is 5. The highest BCUT2D eigenvalue weighted by atomic mass is 16.2. The second-order valence-electron chi connectivity index (χ2n) is 7.36. The van der Waals surface area contributed by atoms with Gasteiger partial charge in [-0.25, -0.2) is 0 Å². The van der Waals surface area contributed by atoms with Crippen LogP contribution in [-0.4, -0.2) is 42.9 Å². The van der Waals surface area contributed by atoms with E-state index in [-0.39, 0.29) is 11.8 Å². The molecule has 0 saturated carbocycles. The van der Waals surface area contributed by atoms with Gasteiger partial charge in [0.15, 0.2) is 0 Å². The molecule has 1 saturated heterocycles. The van der Waals surface area contributed by atoms with Gasteiger partial charge in [0.1, 0.15) is 0 Å². The number of benzene rings is 3. The smallest absolute Gasteiger partial charge is 0.253 e. The monoisotopic (exact) mass is 399 g/mol. The third-order valence-corrected chi connectivity index (χ3v) is 5.36. The second-order valence-corrected chi connectivity index (χ2v) is 7.36. The highest BCUT2D eigenvalue weighted by Gasteiger charge is 2.22. The van der Waals surface area contributed by atoms with Crippen LogP contribution >= 0.6 is 0 Å². The van der Waals surface area contributed by atoms with E-state index in [4.69, 9.17) is 0 Å². The number of carbonyl (C=O) groups is 2. The molecule has 0 aliphatic carbocycles. The minimum absolute atomic E-state index is 0.0274. The average Bonchev–Trinajstić information content (AvgIpc) is 2.83. The highest BCUT2D eigenvalue weighted by Crippen LogP contribution is 2.17. The van der Waals surface area contributed by atoms with Crippen LogP contribution in [0.25, 0.3) is 0 Å². The third kappa shape index (κ3) is 4.69. The van der Waals surface area contributed by atoms with Crippen molar-refractivity contribution in [1.29, 1.82) is 0 Å². The number of hydrogen-bond acceptors (Lipinski definition) is 3. The molecule has 1 aliphatic rings. The largest absolute Gasteiger partial charge is 0.368 e. The zero-order valence-electron chi connectivity index (χ0n) is 16.8. The van der Waals surface area contributed by atoms with E-state index < -0.39 is 0 Å². The van der Waals surface area contributed by atoms with Crippen LogP contribution in [0.5, 0.6) is 0 Å². The molecule has 0 spiro atoms. The molecule has 4 rings (SSSR count). The third-order valence-electron chi connectivity index (χ3n) is 5.36. The molecule has 1 aliphatic heterocycles. The van der Waals surface area contributed by atoms with E-state index in [9.17, 15) is 9.59 Å². The Morgan fingerprint density at radius 1 is 0.733 bits per heavy atom. The first-order valence-corrected chi connectivity index (χ1v) is 10.2. The van der Waals surface area contributed by atoms with Gasteiger partial charge in [0, 0.05) is 49.5 Å². The second kappa shape index (κ2) is 9.27. The van der Waals surface area contributed by atoms with E-state index >= 15 is 0 Å². The summed E-state index contributed by atoms with van der Waals surface area (Å²) >= 11 is 0. The van der Waals surface area contributed by atoms with E-state index in [1.807, 2.05) is 53.4 Å². The van der Waals surface area contributed by atoms with Gasteiger partial charge in [0.25, 0.3) is 11.8 Å². The van der Waals surface area contributed by atoms with Crippen molar-refractivity contribution in [3.05, 3.63) is 102 Å². The Morgan fingerprint density at radius 3 is 2.07 bits per heavy atom. The molecule has 3 aromatic rings. The van der Waals surface area contributed by atoms with Crippen LogP contribution in [0.1, 0.15) is 26.3 Å². The number of piperazine rings is 1. The molecule has 0 radical (unpaired) electrons. The molecular formula is C25H25N3O2. The van der Waals surface area contributed by atoms with E-state index in [1.54, 1.807) is 24.3 Å². The van der Waals surface area contributed by atoms with Crippen LogP contribution in [0, 0.1) is 0 Å². The van der Waals surface area contributed by atoms with E-state index in [2.05, 4.69) is 22.3 Å². The molecule has 2 amide bonds. The van der Waals surface area contributed by atoms with Crippen molar-refractivity contribution in [2.75, 3.05) is 31.1 Å². The predicted octanol–water partition coefficient (Wildman–Crippen LogP) is 3.58. The van der Waals surface area contributed by atoms with Gasteiger partial charge >= 0.3 is 0 Å². The summed E-state index contributed by atoms with van der Waals surface area (Å²) in [7, 11) is 0. The molecule has 0 aromatic heterocycles. The van der Waals surface area contributed by atoms with Crippen molar-refractivity contribution in [3.63, 3.8) is 0 Å². The average molecular weight is 399 g/mol. The van der Waals surface area contributed by atoms with Crippen LogP contribution in [0.3, 0.4) is 0 Å². The SMILES string of the molecule is O=C(NCc1ccccc1)c1cccc(C(=O)N2CCN(c3ccccc3)CC2)c1. The molecule has 0 unspecified atom stereocenters. The topological polar surface area (TPSA) is 52.7 Å². The lowest BCUT2D eigenvalue weighted by Gasteiger charge is -2.36. The molecule has 30 heavy (non-hydrogen) atoms. The number of para-hydroxylation sites is 1. The van der Waals surface area contributed by atoms with Crippen LogP contribution in [0.2, 0.25) is 0 Å². The van der Waals surface area contributed by atoms with Crippen LogP contribution in [0.15, 0.2) is 84.9 Å². The zero-order chi connectivity index (χ0) is 20.8.